The van der Waals surface area contributed by atoms with E-state index in [9.17, 15) is 4.79 Å². The van der Waals surface area contributed by atoms with Crippen molar-refractivity contribution in [3.63, 3.8) is 0 Å². The molecule has 0 bridgehead atoms. The molecule has 1 rings (SSSR count). The number of nitrogens with two attached hydrogens (primary N) is 1. The minimum atomic E-state index is 0.191. The number of nitrogens with zero attached hydrogens (tertiary/aromatic N) is 1. The second-order valence-corrected chi connectivity index (χ2v) is 3.19. The highest BCUT2D eigenvalue weighted by Gasteiger charge is 2.02. The Morgan fingerprint density at radius 1 is 1.73 bits per heavy atom. The summed E-state index contributed by atoms with van der Waals surface area (Å²) in [6.45, 7) is 0.442. The highest BCUT2D eigenvalue weighted by molar-refractivity contribution is 7.09. The quantitative estimate of drug-likeness (QED) is 0.720. The van der Waals surface area contributed by atoms with Crippen molar-refractivity contribution < 1.29 is 4.79 Å². The summed E-state index contributed by atoms with van der Waals surface area (Å²) >= 11 is 1.50. The molecule has 0 amide bonds. The number of thiazole rings is 1. The molecule has 1 aromatic heterocycles. The number of aromatic nitrogens is 1. The first-order valence-electron chi connectivity index (χ1n) is 3.42. The second-order valence-electron chi connectivity index (χ2n) is 2.22. The summed E-state index contributed by atoms with van der Waals surface area (Å²) in [5, 5.41) is 0. The molecule has 0 radical (unpaired) electrons. The van der Waals surface area contributed by atoms with Crippen LogP contribution in [0.15, 0.2) is 11.7 Å². The third-order valence-corrected chi connectivity index (χ3v) is 2.06. The van der Waals surface area contributed by atoms with Gasteiger partial charge in [-0.15, -0.1) is 11.3 Å². The Kier molecular flexibility index (Phi) is 3.19. The van der Waals surface area contributed by atoms with E-state index in [-0.39, 0.29) is 5.78 Å². The van der Waals surface area contributed by atoms with Crippen molar-refractivity contribution in [2.24, 2.45) is 5.73 Å². The maximum absolute atomic E-state index is 11.0. The molecule has 0 aliphatic rings. The fourth-order valence-corrected chi connectivity index (χ4v) is 1.40. The normalized spacial score (nSPS) is 9.91. The maximum atomic E-state index is 11.0. The predicted octanol–water partition coefficient (Wildman–Crippen LogP) is 0.603. The van der Waals surface area contributed by atoms with Gasteiger partial charge >= 0.3 is 0 Å². The molecule has 0 aromatic carbocycles. The Bertz CT molecular complexity index is 220. The van der Waals surface area contributed by atoms with Crippen LogP contribution in [0, 0.1) is 0 Å². The largest absolute Gasteiger partial charge is 0.330 e. The van der Waals surface area contributed by atoms with Crippen LogP contribution in [0.3, 0.4) is 0 Å². The van der Waals surface area contributed by atoms with Crippen LogP contribution in [0.5, 0.6) is 0 Å². The lowest BCUT2D eigenvalue weighted by molar-refractivity contribution is -0.118. The van der Waals surface area contributed by atoms with Crippen molar-refractivity contribution >= 4 is 17.1 Å². The van der Waals surface area contributed by atoms with E-state index in [0.29, 0.717) is 19.4 Å². The fourth-order valence-electron chi connectivity index (χ4n) is 0.773. The molecule has 0 saturated carbocycles. The molecule has 1 heterocycles. The molecule has 2 N–H and O–H groups in total. The van der Waals surface area contributed by atoms with Crippen molar-refractivity contribution in [2.45, 2.75) is 12.8 Å². The molecule has 0 fully saturated rings. The molecule has 0 unspecified atom stereocenters. The van der Waals surface area contributed by atoms with Gasteiger partial charge in [0.05, 0.1) is 5.51 Å². The van der Waals surface area contributed by atoms with E-state index in [2.05, 4.69) is 4.98 Å². The summed E-state index contributed by atoms with van der Waals surface area (Å²) in [6.07, 6.45) is 2.68. The summed E-state index contributed by atoms with van der Waals surface area (Å²) in [7, 11) is 0. The lowest BCUT2D eigenvalue weighted by atomic mass is 10.2. The van der Waals surface area contributed by atoms with Crippen LogP contribution >= 0.6 is 11.3 Å². The van der Waals surface area contributed by atoms with E-state index in [1.54, 1.807) is 11.7 Å². The van der Waals surface area contributed by atoms with Crippen molar-refractivity contribution in [1.82, 2.24) is 4.98 Å². The number of hydrogen-bond acceptors (Lipinski definition) is 4. The molecule has 0 aliphatic carbocycles. The average molecular weight is 170 g/mol. The smallest absolute Gasteiger partial charge is 0.139 e. The summed E-state index contributed by atoms with van der Waals surface area (Å²) < 4.78 is 0. The van der Waals surface area contributed by atoms with E-state index in [1.807, 2.05) is 0 Å². The lowest BCUT2D eigenvalue weighted by Crippen LogP contribution is -2.09. The number of hydrogen-bond donors (Lipinski definition) is 1. The van der Waals surface area contributed by atoms with Crippen molar-refractivity contribution in [1.29, 1.82) is 0 Å². The number of carbonyl (C=O) groups excluding carboxylic acids is 1. The Hall–Kier alpha value is -0.740. The van der Waals surface area contributed by atoms with Gasteiger partial charge in [-0.3, -0.25) is 9.78 Å². The Balaban J connectivity index is 2.37. The molecule has 3 nitrogen and oxygen atoms in total. The highest BCUT2D eigenvalue weighted by Crippen LogP contribution is 2.06. The SMILES string of the molecule is NCCC(=O)Cc1cncs1. The maximum Gasteiger partial charge on any atom is 0.139 e. The van der Waals surface area contributed by atoms with Crippen molar-refractivity contribution in [3.8, 4) is 0 Å². The van der Waals surface area contributed by atoms with Gasteiger partial charge in [0, 0.05) is 23.9 Å². The standard InChI is InChI=1S/C7H10N2OS/c8-2-1-6(10)3-7-4-9-5-11-7/h4-5H,1-3,8H2. The van der Waals surface area contributed by atoms with Crippen LogP contribution in [0.2, 0.25) is 0 Å². The van der Waals surface area contributed by atoms with Gasteiger partial charge < -0.3 is 5.73 Å². The molecule has 0 spiro atoms. The van der Waals surface area contributed by atoms with Gasteiger partial charge in [-0.2, -0.15) is 0 Å². The topological polar surface area (TPSA) is 56.0 Å². The van der Waals surface area contributed by atoms with E-state index in [0.717, 1.165) is 4.88 Å². The summed E-state index contributed by atoms with van der Waals surface area (Å²) in [5.41, 5.74) is 6.95. The van der Waals surface area contributed by atoms with E-state index >= 15 is 0 Å². The van der Waals surface area contributed by atoms with Gasteiger partial charge in [0.2, 0.25) is 0 Å². The van der Waals surface area contributed by atoms with E-state index < -0.39 is 0 Å². The van der Waals surface area contributed by atoms with E-state index in [1.165, 1.54) is 11.3 Å². The lowest BCUT2D eigenvalue weighted by Gasteiger charge is -1.93. The molecule has 4 heteroatoms. The second kappa shape index (κ2) is 4.20. The van der Waals surface area contributed by atoms with Gasteiger partial charge in [-0.1, -0.05) is 0 Å². The minimum absolute atomic E-state index is 0.191. The van der Waals surface area contributed by atoms with E-state index in [4.69, 9.17) is 5.73 Å². The average Bonchev–Trinajstić information content (AvgIpc) is 2.40. The molecule has 60 valence electrons. The van der Waals surface area contributed by atoms with Crippen molar-refractivity contribution in [3.05, 3.63) is 16.6 Å². The molecule has 0 aliphatic heterocycles. The third kappa shape index (κ3) is 2.78. The molecular formula is C7H10N2OS. The van der Waals surface area contributed by atoms with Crippen LogP contribution in [-0.4, -0.2) is 17.3 Å². The minimum Gasteiger partial charge on any atom is -0.330 e. The Morgan fingerprint density at radius 3 is 3.09 bits per heavy atom. The number of rotatable bonds is 4. The van der Waals surface area contributed by atoms with Gasteiger partial charge in [0.25, 0.3) is 0 Å². The van der Waals surface area contributed by atoms with Crippen LogP contribution in [0.25, 0.3) is 0 Å². The first kappa shape index (κ1) is 8.36. The Labute approximate surface area is 69.3 Å². The summed E-state index contributed by atoms with van der Waals surface area (Å²) in [4.78, 5) is 15.9. The molecule has 0 saturated heterocycles. The van der Waals surface area contributed by atoms with Crippen LogP contribution in [-0.2, 0) is 11.2 Å². The monoisotopic (exact) mass is 170 g/mol. The molecular weight excluding hydrogens is 160 g/mol. The van der Waals surface area contributed by atoms with Gasteiger partial charge in [0.15, 0.2) is 0 Å². The van der Waals surface area contributed by atoms with Crippen LogP contribution in [0.1, 0.15) is 11.3 Å². The van der Waals surface area contributed by atoms with Crippen molar-refractivity contribution in [2.75, 3.05) is 6.54 Å². The third-order valence-electron chi connectivity index (χ3n) is 1.28. The van der Waals surface area contributed by atoms with Gasteiger partial charge in [-0.25, -0.2) is 0 Å². The fraction of sp³-hybridized carbons (Fsp3) is 0.429. The Morgan fingerprint density at radius 2 is 2.55 bits per heavy atom. The summed E-state index contributed by atoms with van der Waals surface area (Å²) in [5.74, 6) is 0.191. The molecule has 11 heavy (non-hydrogen) atoms. The van der Waals surface area contributed by atoms with Gasteiger partial charge in [0.1, 0.15) is 5.78 Å². The van der Waals surface area contributed by atoms with Gasteiger partial charge in [-0.05, 0) is 6.54 Å². The predicted molar refractivity (Wildman–Crippen MR) is 44.5 cm³/mol. The number of Topliss-reactive ketones (excluding diaryl/α,β-unsaturated/α-hetero) is 1. The zero-order valence-electron chi connectivity index (χ0n) is 6.12. The molecule has 1 aromatic rings. The van der Waals surface area contributed by atoms with Crippen LogP contribution < -0.4 is 5.73 Å². The van der Waals surface area contributed by atoms with Crippen LogP contribution in [0.4, 0.5) is 0 Å². The number of carbonyl (C=O) groups is 1. The first-order chi connectivity index (χ1) is 5.33. The zero-order chi connectivity index (χ0) is 8.10. The summed E-state index contributed by atoms with van der Waals surface area (Å²) in [6, 6.07) is 0. The zero-order valence-corrected chi connectivity index (χ0v) is 6.93. The first-order valence-corrected chi connectivity index (χ1v) is 4.30. The molecule has 0 atom stereocenters. The number of ketones is 1. The highest BCUT2D eigenvalue weighted by atomic mass is 32.1.